The Morgan fingerprint density at radius 1 is 1.32 bits per heavy atom. The molecular formula is C16H23NO2. The minimum absolute atomic E-state index is 0.0555. The molecule has 1 aromatic carbocycles. The lowest BCUT2D eigenvalue weighted by Gasteiger charge is -2.33. The van der Waals surface area contributed by atoms with Gasteiger partial charge in [-0.1, -0.05) is 25.5 Å². The van der Waals surface area contributed by atoms with E-state index in [4.69, 9.17) is 0 Å². The Balaban J connectivity index is 2.06. The van der Waals surface area contributed by atoms with E-state index in [-0.39, 0.29) is 17.7 Å². The van der Waals surface area contributed by atoms with E-state index < -0.39 is 0 Å². The lowest BCUT2D eigenvalue weighted by atomic mass is 9.80. The molecule has 0 radical (unpaired) electrons. The number of aromatic hydroxyl groups is 1. The molecule has 0 heterocycles. The van der Waals surface area contributed by atoms with Crippen molar-refractivity contribution in [3.05, 3.63) is 29.3 Å². The highest BCUT2D eigenvalue weighted by Gasteiger charge is 2.27. The zero-order chi connectivity index (χ0) is 14.0. The van der Waals surface area contributed by atoms with Crippen LogP contribution in [-0.2, 0) is 0 Å². The molecule has 1 fully saturated rings. The van der Waals surface area contributed by atoms with E-state index in [0.717, 1.165) is 30.7 Å². The fourth-order valence-corrected chi connectivity index (χ4v) is 2.96. The molecule has 0 spiro atoms. The molecule has 3 heteroatoms. The third-order valence-corrected chi connectivity index (χ3v) is 4.14. The van der Waals surface area contributed by atoms with Crippen LogP contribution < -0.4 is 5.32 Å². The summed E-state index contributed by atoms with van der Waals surface area (Å²) < 4.78 is 0. The molecule has 104 valence electrons. The molecule has 1 saturated carbocycles. The molecular weight excluding hydrogens is 238 g/mol. The molecule has 1 aliphatic carbocycles. The van der Waals surface area contributed by atoms with Crippen molar-refractivity contribution in [1.82, 2.24) is 5.32 Å². The normalized spacial score (nSPS) is 27.0. The van der Waals surface area contributed by atoms with Gasteiger partial charge in [-0.15, -0.1) is 0 Å². The van der Waals surface area contributed by atoms with Crippen LogP contribution in [0.3, 0.4) is 0 Å². The van der Waals surface area contributed by atoms with Crippen molar-refractivity contribution < 1.29 is 9.90 Å². The van der Waals surface area contributed by atoms with Crippen molar-refractivity contribution in [3.8, 4) is 5.75 Å². The fraction of sp³-hybridized carbons (Fsp3) is 0.562. The summed E-state index contributed by atoms with van der Waals surface area (Å²) in [5, 5.41) is 12.9. The minimum Gasteiger partial charge on any atom is -0.507 e. The van der Waals surface area contributed by atoms with Crippen LogP contribution in [0.15, 0.2) is 18.2 Å². The van der Waals surface area contributed by atoms with E-state index in [1.807, 2.05) is 6.92 Å². The monoisotopic (exact) mass is 261 g/mol. The predicted molar refractivity (Wildman–Crippen MR) is 76.3 cm³/mol. The van der Waals surface area contributed by atoms with Crippen molar-refractivity contribution in [2.24, 2.45) is 11.8 Å². The number of carbonyl (C=O) groups is 1. The molecule has 0 saturated heterocycles. The van der Waals surface area contributed by atoms with Crippen LogP contribution >= 0.6 is 0 Å². The molecule has 19 heavy (non-hydrogen) atoms. The minimum atomic E-state index is -0.160. The Morgan fingerprint density at radius 2 is 2.05 bits per heavy atom. The molecule has 0 bridgehead atoms. The van der Waals surface area contributed by atoms with Crippen LogP contribution in [0, 0.1) is 18.8 Å². The molecule has 1 aliphatic rings. The zero-order valence-electron chi connectivity index (χ0n) is 11.9. The van der Waals surface area contributed by atoms with Crippen molar-refractivity contribution in [2.45, 2.75) is 46.1 Å². The molecule has 2 N–H and O–H groups in total. The van der Waals surface area contributed by atoms with Gasteiger partial charge in [-0.05, 0) is 50.2 Å². The average Bonchev–Trinajstić information content (AvgIpc) is 2.35. The van der Waals surface area contributed by atoms with Gasteiger partial charge in [-0.2, -0.15) is 0 Å². The first-order valence-corrected chi connectivity index (χ1v) is 7.08. The second-order valence-electron chi connectivity index (χ2n) is 6.00. The number of carbonyl (C=O) groups excluding carboxylic acids is 1. The van der Waals surface area contributed by atoms with Crippen LogP contribution in [0.5, 0.6) is 5.75 Å². The quantitative estimate of drug-likeness (QED) is 0.858. The number of hydrogen-bond acceptors (Lipinski definition) is 2. The maximum Gasteiger partial charge on any atom is 0.255 e. The summed E-state index contributed by atoms with van der Waals surface area (Å²) >= 11 is 0. The van der Waals surface area contributed by atoms with Gasteiger partial charge in [-0.3, -0.25) is 4.79 Å². The number of phenolic OH excluding ortho intramolecular Hbond substituents is 1. The first-order valence-electron chi connectivity index (χ1n) is 7.08. The van der Waals surface area contributed by atoms with Crippen LogP contribution in [0.25, 0.3) is 0 Å². The zero-order valence-corrected chi connectivity index (χ0v) is 11.9. The molecule has 3 unspecified atom stereocenters. The molecule has 3 nitrogen and oxygen atoms in total. The van der Waals surface area contributed by atoms with Crippen molar-refractivity contribution >= 4 is 5.91 Å². The number of amides is 1. The topological polar surface area (TPSA) is 49.3 Å². The highest BCUT2D eigenvalue weighted by atomic mass is 16.3. The number of rotatable bonds is 2. The Labute approximate surface area is 115 Å². The smallest absolute Gasteiger partial charge is 0.255 e. The second kappa shape index (κ2) is 5.64. The van der Waals surface area contributed by atoms with Gasteiger partial charge in [0, 0.05) is 6.04 Å². The largest absolute Gasteiger partial charge is 0.507 e. The summed E-state index contributed by atoms with van der Waals surface area (Å²) in [6, 6.07) is 5.35. The third-order valence-electron chi connectivity index (χ3n) is 4.14. The number of hydrogen-bond donors (Lipinski definition) is 2. The number of benzene rings is 1. The number of aryl methyl sites for hydroxylation is 1. The second-order valence-corrected chi connectivity index (χ2v) is 6.00. The van der Waals surface area contributed by atoms with Gasteiger partial charge in [0.25, 0.3) is 5.91 Å². The number of phenols is 1. The maximum atomic E-state index is 12.2. The first-order chi connectivity index (χ1) is 8.97. The highest BCUT2D eigenvalue weighted by Crippen LogP contribution is 2.29. The Kier molecular flexibility index (Phi) is 4.13. The Bertz CT molecular complexity index is 470. The van der Waals surface area contributed by atoms with Gasteiger partial charge in [0.2, 0.25) is 0 Å². The van der Waals surface area contributed by atoms with E-state index in [0.29, 0.717) is 11.5 Å². The van der Waals surface area contributed by atoms with Crippen molar-refractivity contribution in [2.75, 3.05) is 0 Å². The van der Waals surface area contributed by atoms with E-state index in [9.17, 15) is 9.90 Å². The SMILES string of the molecule is Cc1ccc(O)c(C(=O)NC2CCC(C)CC2C)c1. The van der Waals surface area contributed by atoms with Crippen LogP contribution in [0.2, 0.25) is 0 Å². The van der Waals surface area contributed by atoms with Crippen LogP contribution in [-0.4, -0.2) is 17.1 Å². The fourth-order valence-electron chi connectivity index (χ4n) is 2.96. The molecule has 0 aliphatic heterocycles. The predicted octanol–water partition coefficient (Wildman–Crippen LogP) is 3.26. The van der Waals surface area contributed by atoms with Gasteiger partial charge in [-0.25, -0.2) is 0 Å². The highest BCUT2D eigenvalue weighted by molar-refractivity contribution is 5.97. The van der Waals surface area contributed by atoms with E-state index >= 15 is 0 Å². The summed E-state index contributed by atoms with van der Waals surface area (Å²) in [4.78, 5) is 12.2. The van der Waals surface area contributed by atoms with Crippen molar-refractivity contribution in [1.29, 1.82) is 0 Å². The van der Waals surface area contributed by atoms with E-state index in [2.05, 4.69) is 19.2 Å². The summed E-state index contributed by atoms with van der Waals surface area (Å²) in [6.45, 7) is 6.37. The summed E-state index contributed by atoms with van der Waals surface area (Å²) in [5.74, 6) is 1.14. The maximum absolute atomic E-state index is 12.2. The summed E-state index contributed by atoms with van der Waals surface area (Å²) in [5.41, 5.74) is 1.36. The van der Waals surface area contributed by atoms with Gasteiger partial charge in [0.05, 0.1) is 5.56 Å². The lowest BCUT2D eigenvalue weighted by Crippen LogP contribution is -2.42. The lowest BCUT2D eigenvalue weighted by molar-refractivity contribution is 0.0897. The van der Waals surface area contributed by atoms with Crippen LogP contribution in [0.4, 0.5) is 0 Å². The van der Waals surface area contributed by atoms with Gasteiger partial charge < -0.3 is 10.4 Å². The summed E-state index contributed by atoms with van der Waals surface area (Å²) in [7, 11) is 0. The van der Waals surface area contributed by atoms with Crippen LogP contribution in [0.1, 0.15) is 49.0 Å². The third kappa shape index (κ3) is 3.28. The average molecular weight is 261 g/mol. The Morgan fingerprint density at radius 3 is 2.74 bits per heavy atom. The standard InChI is InChI=1S/C16H23NO2/c1-10-4-6-14(12(3)8-10)17-16(19)13-9-11(2)5-7-15(13)18/h5,7,9-10,12,14,18H,4,6,8H2,1-3H3,(H,17,19). The van der Waals surface area contributed by atoms with Crippen molar-refractivity contribution in [3.63, 3.8) is 0 Å². The molecule has 1 aromatic rings. The Hall–Kier alpha value is -1.51. The number of nitrogens with one attached hydrogen (secondary N) is 1. The molecule has 2 rings (SSSR count). The molecule has 1 amide bonds. The molecule has 3 atom stereocenters. The van der Waals surface area contributed by atoms with Gasteiger partial charge >= 0.3 is 0 Å². The van der Waals surface area contributed by atoms with Gasteiger partial charge in [0.1, 0.15) is 5.75 Å². The van der Waals surface area contributed by atoms with Gasteiger partial charge in [0.15, 0.2) is 0 Å². The first kappa shape index (κ1) is 13.9. The van der Waals surface area contributed by atoms with E-state index in [1.165, 1.54) is 0 Å². The van der Waals surface area contributed by atoms with E-state index in [1.54, 1.807) is 18.2 Å². The summed E-state index contributed by atoms with van der Waals surface area (Å²) in [6.07, 6.45) is 3.35. The molecule has 0 aromatic heterocycles.